The van der Waals surface area contributed by atoms with Crippen molar-refractivity contribution < 1.29 is 13.9 Å². The van der Waals surface area contributed by atoms with Crippen LogP contribution >= 0.6 is 0 Å². The van der Waals surface area contributed by atoms with E-state index < -0.39 is 0 Å². The van der Waals surface area contributed by atoms with Crippen LogP contribution in [0.1, 0.15) is 44.6 Å². The lowest BCUT2D eigenvalue weighted by molar-refractivity contribution is 0.0783. The Kier molecular flexibility index (Phi) is 4.87. The first-order chi connectivity index (χ1) is 10.7. The molecule has 1 fully saturated rings. The van der Waals surface area contributed by atoms with Crippen LogP contribution in [0.5, 0.6) is 11.5 Å². The van der Waals surface area contributed by atoms with Gasteiger partial charge in [-0.1, -0.05) is 19.8 Å². The second-order valence-electron chi connectivity index (χ2n) is 6.40. The molecule has 0 N–H and O–H groups in total. The molecule has 0 radical (unpaired) electrons. The van der Waals surface area contributed by atoms with E-state index in [-0.39, 0.29) is 5.82 Å². The number of hydrogen-bond donors (Lipinski definition) is 0. The Morgan fingerprint density at radius 3 is 2.73 bits per heavy atom. The predicted octanol–water partition coefficient (Wildman–Crippen LogP) is 3.79. The predicted molar refractivity (Wildman–Crippen MR) is 85.2 cm³/mol. The number of halogens is 1. The summed E-state index contributed by atoms with van der Waals surface area (Å²) < 4.78 is 25.2. The summed E-state index contributed by atoms with van der Waals surface area (Å²) >= 11 is 0. The molecule has 1 aliphatic carbocycles. The zero-order valence-corrected chi connectivity index (χ0v) is 13.6. The summed E-state index contributed by atoms with van der Waals surface area (Å²) in [5.74, 6) is 0.847. The molecule has 0 amide bonds. The van der Waals surface area contributed by atoms with Gasteiger partial charge in [-0.25, -0.2) is 4.39 Å². The van der Waals surface area contributed by atoms with Crippen LogP contribution < -0.4 is 9.47 Å². The Balaban J connectivity index is 1.83. The maximum atomic E-state index is 14.0. The van der Waals surface area contributed by atoms with Gasteiger partial charge in [0.15, 0.2) is 11.6 Å². The Morgan fingerprint density at radius 1 is 1.27 bits per heavy atom. The molecule has 0 spiro atoms. The zero-order chi connectivity index (χ0) is 15.5. The van der Waals surface area contributed by atoms with Crippen LogP contribution in [-0.4, -0.2) is 37.2 Å². The number of rotatable bonds is 5. The highest BCUT2D eigenvalue weighted by atomic mass is 19.1. The van der Waals surface area contributed by atoms with Crippen molar-refractivity contribution in [3.05, 3.63) is 23.5 Å². The van der Waals surface area contributed by atoms with Crippen molar-refractivity contribution in [3.63, 3.8) is 0 Å². The van der Waals surface area contributed by atoms with Crippen molar-refractivity contribution in [2.45, 2.75) is 57.5 Å². The van der Waals surface area contributed by atoms with Crippen molar-refractivity contribution in [1.82, 2.24) is 4.90 Å². The number of nitrogens with zero attached hydrogens (tertiary/aromatic N) is 1. The van der Waals surface area contributed by atoms with Crippen LogP contribution in [0, 0.1) is 5.82 Å². The summed E-state index contributed by atoms with van der Waals surface area (Å²) in [4.78, 5) is 2.60. The van der Waals surface area contributed by atoms with E-state index in [0.717, 1.165) is 30.7 Å². The molecule has 0 bridgehead atoms. The van der Waals surface area contributed by atoms with Crippen LogP contribution in [-0.2, 0) is 6.42 Å². The number of methoxy groups -OCH3 is 1. The van der Waals surface area contributed by atoms with Crippen LogP contribution in [0.15, 0.2) is 12.1 Å². The van der Waals surface area contributed by atoms with E-state index >= 15 is 0 Å². The molecule has 0 unspecified atom stereocenters. The van der Waals surface area contributed by atoms with Gasteiger partial charge in [0, 0.05) is 17.6 Å². The van der Waals surface area contributed by atoms with E-state index in [1.807, 2.05) is 0 Å². The Morgan fingerprint density at radius 2 is 2.05 bits per heavy atom. The van der Waals surface area contributed by atoms with Crippen LogP contribution in [0.3, 0.4) is 0 Å². The first-order valence-electron chi connectivity index (χ1n) is 8.48. The maximum absolute atomic E-state index is 14.0. The average molecular weight is 307 g/mol. The van der Waals surface area contributed by atoms with Crippen molar-refractivity contribution in [2.24, 2.45) is 0 Å². The highest BCUT2D eigenvalue weighted by Gasteiger charge is 2.33. The van der Waals surface area contributed by atoms with Gasteiger partial charge in [0.25, 0.3) is 0 Å². The lowest BCUT2D eigenvalue weighted by Crippen LogP contribution is -2.48. The quantitative estimate of drug-likeness (QED) is 0.826. The van der Waals surface area contributed by atoms with Crippen LogP contribution in [0.2, 0.25) is 0 Å². The number of hydrogen-bond acceptors (Lipinski definition) is 3. The highest BCUT2D eigenvalue weighted by molar-refractivity contribution is 5.47. The molecule has 1 atom stereocenters. The van der Waals surface area contributed by atoms with Crippen molar-refractivity contribution >= 4 is 0 Å². The van der Waals surface area contributed by atoms with Gasteiger partial charge in [0.05, 0.1) is 7.11 Å². The smallest absolute Gasteiger partial charge is 0.165 e. The summed E-state index contributed by atoms with van der Waals surface area (Å²) in [5.41, 5.74) is 0.887. The van der Waals surface area contributed by atoms with E-state index in [1.54, 1.807) is 13.2 Å². The molecule has 1 saturated carbocycles. The van der Waals surface area contributed by atoms with Crippen molar-refractivity contribution in [2.75, 3.05) is 20.3 Å². The van der Waals surface area contributed by atoms with Gasteiger partial charge < -0.3 is 9.47 Å². The third kappa shape index (κ3) is 2.94. The molecule has 0 aromatic heterocycles. The Bertz CT molecular complexity index is 514. The SMILES string of the molecule is CCCN(C1CCCC1)[C@H]1COc2c(F)ccc(OC)c2C1. The van der Waals surface area contributed by atoms with Gasteiger partial charge in [0.2, 0.25) is 0 Å². The summed E-state index contributed by atoms with van der Waals surface area (Å²) in [6, 6.07) is 4.12. The van der Waals surface area contributed by atoms with E-state index in [2.05, 4.69) is 11.8 Å². The van der Waals surface area contributed by atoms with E-state index in [0.29, 0.717) is 24.4 Å². The first kappa shape index (κ1) is 15.6. The fraction of sp³-hybridized carbons (Fsp3) is 0.667. The van der Waals surface area contributed by atoms with Crippen molar-refractivity contribution in [3.8, 4) is 11.5 Å². The maximum Gasteiger partial charge on any atom is 0.165 e. The molecule has 1 aromatic rings. The fourth-order valence-electron chi connectivity index (χ4n) is 3.97. The lowest BCUT2D eigenvalue weighted by atomic mass is 9.98. The molecule has 1 heterocycles. The van der Waals surface area contributed by atoms with Gasteiger partial charge >= 0.3 is 0 Å². The summed E-state index contributed by atoms with van der Waals surface area (Å²) in [6.07, 6.45) is 7.17. The largest absolute Gasteiger partial charge is 0.496 e. The molecule has 122 valence electrons. The molecule has 2 aliphatic rings. The number of fused-ring (bicyclic) bond motifs is 1. The minimum atomic E-state index is -0.280. The number of ether oxygens (including phenoxy) is 2. The van der Waals surface area contributed by atoms with E-state index in [4.69, 9.17) is 9.47 Å². The summed E-state index contributed by atoms with van der Waals surface area (Å²) in [6.45, 7) is 3.89. The first-order valence-corrected chi connectivity index (χ1v) is 8.48. The highest BCUT2D eigenvalue weighted by Crippen LogP contribution is 2.37. The van der Waals surface area contributed by atoms with Gasteiger partial charge in [-0.3, -0.25) is 4.90 Å². The minimum Gasteiger partial charge on any atom is -0.496 e. The molecule has 1 aliphatic heterocycles. The van der Waals surface area contributed by atoms with Crippen LogP contribution in [0.4, 0.5) is 4.39 Å². The molecular formula is C18H26FNO2. The standard InChI is InChI=1S/C18H26FNO2/c1-3-10-20(13-6-4-5-7-13)14-11-15-17(21-2)9-8-16(19)18(15)22-12-14/h8-9,13-14H,3-7,10-12H2,1-2H3/t14-/m1/s1. The van der Waals surface area contributed by atoms with Gasteiger partial charge in [0.1, 0.15) is 12.4 Å². The Hall–Kier alpha value is -1.29. The fourth-order valence-corrected chi connectivity index (χ4v) is 3.97. The average Bonchev–Trinajstić information content (AvgIpc) is 3.07. The normalized spacial score (nSPS) is 21.7. The third-order valence-electron chi connectivity index (χ3n) is 4.99. The molecular weight excluding hydrogens is 281 g/mol. The van der Waals surface area contributed by atoms with Crippen LogP contribution in [0.25, 0.3) is 0 Å². The lowest BCUT2D eigenvalue weighted by Gasteiger charge is -2.39. The van der Waals surface area contributed by atoms with Crippen molar-refractivity contribution in [1.29, 1.82) is 0 Å². The third-order valence-corrected chi connectivity index (χ3v) is 4.99. The minimum absolute atomic E-state index is 0.280. The second kappa shape index (κ2) is 6.86. The Labute approximate surface area is 132 Å². The topological polar surface area (TPSA) is 21.7 Å². The summed E-state index contributed by atoms with van der Waals surface area (Å²) in [5, 5.41) is 0. The zero-order valence-electron chi connectivity index (χ0n) is 13.6. The molecule has 3 nitrogen and oxygen atoms in total. The van der Waals surface area contributed by atoms with Gasteiger partial charge in [-0.15, -0.1) is 0 Å². The summed E-state index contributed by atoms with van der Waals surface area (Å²) in [7, 11) is 1.64. The number of benzene rings is 1. The van der Waals surface area contributed by atoms with E-state index in [9.17, 15) is 4.39 Å². The van der Waals surface area contributed by atoms with Gasteiger partial charge in [-0.05, 0) is 44.4 Å². The molecule has 22 heavy (non-hydrogen) atoms. The van der Waals surface area contributed by atoms with Gasteiger partial charge in [-0.2, -0.15) is 0 Å². The monoisotopic (exact) mass is 307 g/mol. The second-order valence-corrected chi connectivity index (χ2v) is 6.40. The molecule has 1 aromatic carbocycles. The molecule has 3 rings (SSSR count). The molecule has 4 heteroatoms. The molecule has 0 saturated heterocycles. The van der Waals surface area contributed by atoms with E-state index in [1.165, 1.54) is 31.7 Å².